The molecule has 0 N–H and O–H groups in total. The lowest BCUT2D eigenvalue weighted by molar-refractivity contribution is 0.108. The van der Waals surface area contributed by atoms with Gasteiger partial charge < -0.3 is 8.85 Å². The van der Waals surface area contributed by atoms with Gasteiger partial charge in [-0.2, -0.15) is 0 Å². The lowest BCUT2D eigenvalue weighted by Gasteiger charge is -2.31. The molecule has 2 nitrogen and oxygen atoms in total. The van der Waals surface area contributed by atoms with Crippen molar-refractivity contribution in [2.45, 2.75) is 65.8 Å². The van der Waals surface area contributed by atoms with E-state index in [2.05, 4.69) is 41.2 Å². The molecule has 0 aromatic carbocycles. The predicted octanol–water partition coefficient (Wildman–Crippen LogP) is 3.56. The van der Waals surface area contributed by atoms with Gasteiger partial charge in [-0.05, 0) is 58.5 Å². The van der Waals surface area contributed by atoms with Crippen molar-refractivity contribution in [3.63, 3.8) is 0 Å². The molecule has 0 amide bonds. The van der Waals surface area contributed by atoms with Gasteiger partial charge in [0.2, 0.25) is 0 Å². The molecule has 0 bridgehead atoms. The van der Waals surface area contributed by atoms with E-state index in [4.69, 9.17) is 8.85 Å². The Bertz CT molecular complexity index is 194. The lowest BCUT2D eigenvalue weighted by atomic mass is 10.4. The first kappa shape index (κ1) is 13.2. The molecule has 0 saturated heterocycles. The number of hydrogen-bond donors (Lipinski definition) is 0. The van der Waals surface area contributed by atoms with Gasteiger partial charge in [0, 0.05) is 12.2 Å². The van der Waals surface area contributed by atoms with E-state index in [1.54, 1.807) is 0 Å². The molecule has 90 valence electrons. The fourth-order valence-electron chi connectivity index (χ4n) is 2.28. The third-order valence-corrected chi connectivity index (χ3v) is 6.09. The summed E-state index contributed by atoms with van der Waals surface area (Å²) in [6.45, 7) is 13.0. The van der Waals surface area contributed by atoms with E-state index in [0.29, 0.717) is 0 Å². The van der Waals surface area contributed by atoms with Gasteiger partial charge in [-0.3, -0.25) is 0 Å². The van der Waals surface area contributed by atoms with Crippen LogP contribution in [0.25, 0.3) is 0 Å². The van der Waals surface area contributed by atoms with Crippen LogP contribution in [-0.4, -0.2) is 20.8 Å². The third kappa shape index (κ3) is 4.66. The van der Waals surface area contributed by atoms with E-state index in [1.165, 1.54) is 12.5 Å². The molecule has 1 aliphatic rings. The SMILES string of the molecule is CC(C)O[Si](C)(CC1CC1C)OC(C)C. The zero-order valence-corrected chi connectivity index (χ0v) is 12.0. The van der Waals surface area contributed by atoms with E-state index in [-0.39, 0.29) is 12.2 Å². The Balaban J connectivity index is 2.50. The zero-order chi connectivity index (χ0) is 11.6. The molecule has 1 fully saturated rings. The van der Waals surface area contributed by atoms with Crippen molar-refractivity contribution in [2.24, 2.45) is 11.8 Å². The molecule has 0 aromatic rings. The van der Waals surface area contributed by atoms with E-state index in [0.717, 1.165) is 11.8 Å². The number of hydrogen-bond acceptors (Lipinski definition) is 2. The fraction of sp³-hybridized carbons (Fsp3) is 1.00. The molecule has 1 saturated carbocycles. The molecule has 0 radical (unpaired) electrons. The van der Waals surface area contributed by atoms with Crippen LogP contribution in [0.3, 0.4) is 0 Å². The fourth-order valence-corrected chi connectivity index (χ4v) is 6.04. The van der Waals surface area contributed by atoms with Crippen LogP contribution in [0.2, 0.25) is 12.6 Å². The summed E-state index contributed by atoms with van der Waals surface area (Å²) in [7, 11) is -1.92. The Morgan fingerprint density at radius 3 is 1.80 bits per heavy atom. The molecule has 1 aliphatic carbocycles. The normalized spacial score (nSPS) is 26.4. The van der Waals surface area contributed by atoms with Crippen molar-refractivity contribution in [1.29, 1.82) is 0 Å². The molecule has 0 heterocycles. The molecule has 0 spiro atoms. The van der Waals surface area contributed by atoms with Gasteiger partial charge in [-0.25, -0.2) is 0 Å². The van der Waals surface area contributed by atoms with Gasteiger partial charge in [0.15, 0.2) is 0 Å². The van der Waals surface area contributed by atoms with E-state index in [9.17, 15) is 0 Å². The van der Waals surface area contributed by atoms with Crippen LogP contribution in [0.15, 0.2) is 0 Å². The number of rotatable bonds is 6. The summed E-state index contributed by atoms with van der Waals surface area (Å²) < 4.78 is 12.1. The predicted molar refractivity (Wildman–Crippen MR) is 66.1 cm³/mol. The third-order valence-electron chi connectivity index (χ3n) is 2.88. The smallest absolute Gasteiger partial charge is 0.335 e. The molecule has 2 atom stereocenters. The van der Waals surface area contributed by atoms with Crippen molar-refractivity contribution < 1.29 is 8.85 Å². The topological polar surface area (TPSA) is 18.5 Å². The Morgan fingerprint density at radius 1 is 1.13 bits per heavy atom. The highest BCUT2D eigenvalue weighted by molar-refractivity contribution is 6.66. The molecular weight excluding hydrogens is 204 g/mol. The van der Waals surface area contributed by atoms with E-state index in [1.807, 2.05) is 0 Å². The summed E-state index contributed by atoms with van der Waals surface area (Å²) >= 11 is 0. The van der Waals surface area contributed by atoms with Crippen LogP contribution in [-0.2, 0) is 8.85 Å². The molecule has 15 heavy (non-hydrogen) atoms. The zero-order valence-electron chi connectivity index (χ0n) is 11.0. The second-order valence-electron chi connectivity index (χ2n) is 5.64. The van der Waals surface area contributed by atoms with E-state index < -0.39 is 8.56 Å². The van der Waals surface area contributed by atoms with Crippen molar-refractivity contribution in [3.8, 4) is 0 Å². The molecule has 0 aliphatic heterocycles. The van der Waals surface area contributed by atoms with Crippen LogP contribution >= 0.6 is 0 Å². The average Bonchev–Trinajstić information content (AvgIpc) is 2.59. The standard InChI is InChI=1S/C12H26O2Si/c1-9(2)13-15(6,14-10(3)4)8-12-7-11(12)5/h9-12H,7-8H2,1-6H3. The summed E-state index contributed by atoms with van der Waals surface area (Å²) in [5, 5.41) is 0. The maximum absolute atomic E-state index is 6.06. The van der Waals surface area contributed by atoms with Crippen LogP contribution < -0.4 is 0 Å². The maximum atomic E-state index is 6.06. The summed E-state index contributed by atoms with van der Waals surface area (Å²) in [6.07, 6.45) is 1.94. The summed E-state index contributed by atoms with van der Waals surface area (Å²) in [5.41, 5.74) is 0. The van der Waals surface area contributed by atoms with Gasteiger partial charge in [0.1, 0.15) is 0 Å². The van der Waals surface area contributed by atoms with Crippen molar-refractivity contribution >= 4 is 8.56 Å². The minimum Gasteiger partial charge on any atom is -0.392 e. The molecule has 0 aromatic heterocycles. The molecule has 1 rings (SSSR count). The Kier molecular flexibility index (Phi) is 4.38. The average molecular weight is 230 g/mol. The Morgan fingerprint density at radius 2 is 1.53 bits per heavy atom. The summed E-state index contributed by atoms with van der Waals surface area (Å²) in [6, 6.07) is 1.17. The van der Waals surface area contributed by atoms with Gasteiger partial charge in [0.05, 0.1) is 0 Å². The van der Waals surface area contributed by atoms with Crippen LogP contribution in [0.1, 0.15) is 41.0 Å². The minimum absolute atomic E-state index is 0.287. The highest BCUT2D eigenvalue weighted by Gasteiger charge is 2.44. The quantitative estimate of drug-likeness (QED) is 0.650. The minimum atomic E-state index is -1.92. The monoisotopic (exact) mass is 230 g/mol. The Labute approximate surface area is 95.6 Å². The van der Waals surface area contributed by atoms with Gasteiger partial charge >= 0.3 is 8.56 Å². The summed E-state index contributed by atoms with van der Waals surface area (Å²) in [4.78, 5) is 0. The summed E-state index contributed by atoms with van der Waals surface area (Å²) in [5.74, 6) is 1.75. The first-order valence-corrected chi connectivity index (χ1v) is 8.70. The molecular formula is C12H26O2Si. The van der Waals surface area contributed by atoms with Gasteiger partial charge in [-0.15, -0.1) is 0 Å². The van der Waals surface area contributed by atoms with E-state index >= 15 is 0 Å². The second kappa shape index (κ2) is 4.98. The van der Waals surface area contributed by atoms with Crippen LogP contribution in [0.5, 0.6) is 0 Å². The highest BCUT2D eigenvalue weighted by atomic mass is 28.4. The van der Waals surface area contributed by atoms with Crippen LogP contribution in [0, 0.1) is 11.8 Å². The highest BCUT2D eigenvalue weighted by Crippen LogP contribution is 2.44. The molecule has 3 heteroatoms. The van der Waals surface area contributed by atoms with Gasteiger partial charge in [-0.1, -0.05) is 6.92 Å². The lowest BCUT2D eigenvalue weighted by Crippen LogP contribution is -2.43. The van der Waals surface area contributed by atoms with Crippen molar-refractivity contribution in [1.82, 2.24) is 0 Å². The first-order chi connectivity index (χ1) is 6.82. The maximum Gasteiger partial charge on any atom is 0.335 e. The Hall–Kier alpha value is 0.137. The van der Waals surface area contributed by atoms with Gasteiger partial charge in [0.25, 0.3) is 0 Å². The first-order valence-electron chi connectivity index (χ1n) is 6.18. The largest absolute Gasteiger partial charge is 0.392 e. The molecule has 2 unspecified atom stereocenters. The van der Waals surface area contributed by atoms with Crippen LogP contribution in [0.4, 0.5) is 0 Å². The van der Waals surface area contributed by atoms with Crippen molar-refractivity contribution in [3.05, 3.63) is 0 Å². The van der Waals surface area contributed by atoms with Crippen molar-refractivity contribution in [2.75, 3.05) is 0 Å². The second-order valence-corrected chi connectivity index (χ2v) is 8.79.